The number of halogens is 4. The lowest BCUT2D eigenvalue weighted by atomic mass is 10.0. The average molecular weight is 431 g/mol. The average Bonchev–Trinajstić information content (AvgIpc) is 3.08. The van der Waals surface area contributed by atoms with Crippen LogP contribution in [-0.4, -0.2) is 14.6 Å². The van der Waals surface area contributed by atoms with Gasteiger partial charge in [0, 0.05) is 22.3 Å². The maximum Gasteiger partial charge on any atom is 0.305 e. The monoisotopic (exact) mass is 430 g/mol. The molecule has 0 fully saturated rings. The molecule has 4 rings (SSSR count). The van der Waals surface area contributed by atoms with Gasteiger partial charge in [-0.05, 0) is 18.2 Å². The first-order valence-electron chi connectivity index (χ1n) is 8.28. The third-order valence-electron chi connectivity index (χ3n) is 4.43. The van der Waals surface area contributed by atoms with Crippen LogP contribution in [0.1, 0.15) is 16.7 Å². The van der Waals surface area contributed by atoms with E-state index in [-0.39, 0.29) is 27.5 Å². The molecule has 9 heteroatoms. The van der Waals surface area contributed by atoms with Gasteiger partial charge < -0.3 is 4.98 Å². The molecule has 0 saturated carbocycles. The highest BCUT2D eigenvalue weighted by Gasteiger charge is 2.38. The molecule has 0 atom stereocenters. The van der Waals surface area contributed by atoms with Crippen molar-refractivity contribution in [1.82, 2.24) is 14.6 Å². The van der Waals surface area contributed by atoms with Gasteiger partial charge >= 0.3 is 5.92 Å². The molecule has 0 unspecified atom stereocenters. The third kappa shape index (κ3) is 3.07. The summed E-state index contributed by atoms with van der Waals surface area (Å²) in [5.41, 5.74) is -1.74. The number of H-pyrrole nitrogens is 1. The van der Waals surface area contributed by atoms with Gasteiger partial charge in [0.15, 0.2) is 5.65 Å². The van der Waals surface area contributed by atoms with Crippen molar-refractivity contribution >= 4 is 28.8 Å². The van der Waals surface area contributed by atoms with Crippen molar-refractivity contribution in [3.8, 4) is 17.3 Å². The maximum absolute atomic E-state index is 14.9. The molecule has 0 aliphatic heterocycles. The van der Waals surface area contributed by atoms with Gasteiger partial charge in [0.2, 0.25) is 0 Å². The second kappa shape index (κ2) is 6.99. The quantitative estimate of drug-likeness (QED) is 0.496. The summed E-state index contributed by atoms with van der Waals surface area (Å²) in [6, 6.07) is 13.5. The van der Waals surface area contributed by atoms with Crippen LogP contribution in [0.25, 0.3) is 16.9 Å². The second-order valence-electron chi connectivity index (χ2n) is 6.17. The van der Waals surface area contributed by atoms with Crippen LogP contribution < -0.4 is 5.56 Å². The van der Waals surface area contributed by atoms with Gasteiger partial charge in [-0.15, -0.1) is 0 Å². The van der Waals surface area contributed by atoms with Crippen LogP contribution in [0.2, 0.25) is 10.0 Å². The van der Waals surface area contributed by atoms with Crippen LogP contribution in [0, 0.1) is 11.3 Å². The molecule has 0 saturated heterocycles. The summed E-state index contributed by atoms with van der Waals surface area (Å²) < 4.78 is 30.6. The summed E-state index contributed by atoms with van der Waals surface area (Å²) in [5, 5.41) is 14.3. The molecule has 2 heterocycles. The maximum atomic E-state index is 14.9. The highest BCUT2D eigenvalue weighted by molar-refractivity contribution is 6.36. The third-order valence-corrected chi connectivity index (χ3v) is 4.98. The Balaban J connectivity index is 1.97. The molecule has 0 amide bonds. The molecule has 0 spiro atoms. The molecule has 144 valence electrons. The zero-order chi connectivity index (χ0) is 20.8. The van der Waals surface area contributed by atoms with E-state index >= 15 is 0 Å². The molecule has 0 bridgehead atoms. The van der Waals surface area contributed by atoms with E-state index in [1.165, 1.54) is 36.4 Å². The van der Waals surface area contributed by atoms with Crippen molar-refractivity contribution in [3.05, 3.63) is 91.8 Å². The number of rotatable bonds is 3. The van der Waals surface area contributed by atoms with Gasteiger partial charge in [0.1, 0.15) is 22.9 Å². The fourth-order valence-corrected chi connectivity index (χ4v) is 3.52. The van der Waals surface area contributed by atoms with Crippen molar-refractivity contribution in [3.63, 3.8) is 0 Å². The molecule has 0 aliphatic carbocycles. The number of aromatic nitrogens is 3. The Bertz CT molecular complexity index is 1340. The lowest BCUT2D eigenvalue weighted by Gasteiger charge is -2.16. The van der Waals surface area contributed by atoms with Crippen LogP contribution in [0.15, 0.2) is 59.5 Å². The summed E-state index contributed by atoms with van der Waals surface area (Å²) in [5.74, 6) is -3.56. The van der Waals surface area contributed by atoms with E-state index in [0.717, 1.165) is 10.7 Å². The topological polar surface area (TPSA) is 74.0 Å². The predicted molar refractivity (Wildman–Crippen MR) is 105 cm³/mol. The van der Waals surface area contributed by atoms with Gasteiger partial charge in [-0.2, -0.15) is 23.7 Å². The molecule has 2 aromatic heterocycles. The summed E-state index contributed by atoms with van der Waals surface area (Å²) in [4.78, 5) is 15.4. The normalized spacial score (nSPS) is 11.6. The van der Waals surface area contributed by atoms with Crippen molar-refractivity contribution in [2.24, 2.45) is 0 Å². The van der Waals surface area contributed by atoms with Crippen molar-refractivity contribution in [2.75, 3.05) is 0 Å². The minimum absolute atomic E-state index is 0.000833. The minimum Gasteiger partial charge on any atom is -0.345 e. The smallest absolute Gasteiger partial charge is 0.305 e. The first kappa shape index (κ1) is 19.1. The molecule has 0 radical (unpaired) electrons. The Morgan fingerprint density at radius 2 is 1.86 bits per heavy atom. The number of nitrogens with zero attached hydrogens (tertiary/aromatic N) is 3. The fourth-order valence-electron chi connectivity index (χ4n) is 3.02. The summed E-state index contributed by atoms with van der Waals surface area (Å²) in [6.45, 7) is 0. The van der Waals surface area contributed by atoms with Gasteiger partial charge in [-0.1, -0.05) is 53.5 Å². The lowest BCUT2D eigenvalue weighted by molar-refractivity contribution is 0.0406. The van der Waals surface area contributed by atoms with E-state index < -0.39 is 17.0 Å². The summed E-state index contributed by atoms with van der Waals surface area (Å²) in [6.07, 6.45) is 0.903. The Hall–Kier alpha value is -3.21. The lowest BCUT2D eigenvalue weighted by Crippen LogP contribution is -2.29. The Kier molecular flexibility index (Phi) is 4.61. The van der Waals surface area contributed by atoms with E-state index in [4.69, 9.17) is 23.2 Å². The molecule has 4 aromatic rings. The standard InChI is InChI=1S/C20H10Cl2F2N4O/c21-12-6-7-13(16(22)8-12)17-14(9-25)18-26-10-15(19(29)28(18)27-17)20(23,24)11-4-2-1-3-5-11/h1-8,10,26H. The molecule has 1 N–H and O–H groups in total. The second-order valence-corrected chi connectivity index (χ2v) is 7.01. The highest BCUT2D eigenvalue weighted by atomic mass is 35.5. The Labute approximate surface area is 172 Å². The summed E-state index contributed by atoms with van der Waals surface area (Å²) >= 11 is 12.1. The van der Waals surface area contributed by atoms with Gasteiger partial charge in [0.05, 0.1) is 5.02 Å². The van der Waals surface area contributed by atoms with Crippen molar-refractivity contribution < 1.29 is 8.78 Å². The Morgan fingerprint density at radius 1 is 1.14 bits per heavy atom. The number of fused-ring (bicyclic) bond motifs is 1. The number of nitriles is 1. The molecular weight excluding hydrogens is 421 g/mol. The first-order valence-corrected chi connectivity index (χ1v) is 9.04. The number of hydrogen-bond donors (Lipinski definition) is 1. The van der Waals surface area contributed by atoms with Crippen LogP contribution in [0.3, 0.4) is 0 Å². The number of benzene rings is 2. The van der Waals surface area contributed by atoms with E-state index in [9.17, 15) is 18.8 Å². The zero-order valence-corrected chi connectivity index (χ0v) is 16.0. The van der Waals surface area contributed by atoms with Crippen molar-refractivity contribution in [2.45, 2.75) is 5.92 Å². The van der Waals surface area contributed by atoms with Gasteiger partial charge in [0.25, 0.3) is 5.56 Å². The minimum atomic E-state index is -3.56. The first-order chi connectivity index (χ1) is 13.8. The van der Waals surface area contributed by atoms with E-state index in [2.05, 4.69) is 10.1 Å². The predicted octanol–water partition coefficient (Wildman–Crippen LogP) is 5.01. The number of hydrogen-bond acceptors (Lipinski definition) is 3. The van der Waals surface area contributed by atoms with E-state index in [0.29, 0.717) is 10.6 Å². The number of alkyl halides is 2. The highest BCUT2D eigenvalue weighted by Crippen LogP contribution is 2.35. The SMILES string of the molecule is N#Cc1c(-c2ccc(Cl)cc2Cl)nn2c(=O)c(C(F)(F)c3ccccc3)c[nH]c12. The fraction of sp³-hybridized carbons (Fsp3) is 0.0500. The van der Waals surface area contributed by atoms with Gasteiger partial charge in [-0.25, -0.2) is 0 Å². The zero-order valence-electron chi connectivity index (χ0n) is 14.5. The van der Waals surface area contributed by atoms with Crippen LogP contribution >= 0.6 is 23.2 Å². The molecular formula is C20H10Cl2F2N4O. The number of aromatic amines is 1. The van der Waals surface area contributed by atoms with Crippen LogP contribution in [-0.2, 0) is 5.92 Å². The molecule has 2 aromatic carbocycles. The summed E-state index contributed by atoms with van der Waals surface area (Å²) in [7, 11) is 0. The van der Waals surface area contributed by atoms with Gasteiger partial charge in [-0.3, -0.25) is 4.79 Å². The molecule has 5 nitrogen and oxygen atoms in total. The van der Waals surface area contributed by atoms with Crippen LogP contribution in [0.5, 0.6) is 0 Å². The Morgan fingerprint density at radius 3 is 2.52 bits per heavy atom. The van der Waals surface area contributed by atoms with E-state index in [1.54, 1.807) is 12.1 Å². The molecule has 29 heavy (non-hydrogen) atoms. The molecule has 0 aliphatic rings. The largest absolute Gasteiger partial charge is 0.345 e. The number of nitrogens with one attached hydrogen (secondary N) is 1. The van der Waals surface area contributed by atoms with Crippen LogP contribution in [0.4, 0.5) is 8.78 Å². The van der Waals surface area contributed by atoms with Crippen molar-refractivity contribution in [1.29, 1.82) is 5.26 Å². The van der Waals surface area contributed by atoms with E-state index in [1.807, 2.05) is 6.07 Å².